The van der Waals surface area contributed by atoms with Gasteiger partial charge in [0.15, 0.2) is 0 Å². The maximum Gasteiger partial charge on any atom is 0.0426 e. The molecule has 0 aliphatic heterocycles. The molecule has 0 fully saturated rings. The second-order valence-electron chi connectivity index (χ2n) is 4.62. The van der Waals surface area contributed by atoms with Crippen LogP contribution >= 0.6 is 0 Å². The number of benzene rings is 2. The molecule has 2 nitrogen and oxygen atoms in total. The van der Waals surface area contributed by atoms with Gasteiger partial charge in [0.25, 0.3) is 0 Å². The molecule has 0 saturated heterocycles. The lowest BCUT2D eigenvalue weighted by Crippen LogP contribution is -2.16. The van der Waals surface area contributed by atoms with E-state index in [1.165, 1.54) is 16.8 Å². The molecule has 0 aliphatic rings. The molecule has 0 aromatic heterocycles. The highest BCUT2D eigenvalue weighted by atomic mass is 15.1. The number of nitrogens with two attached hydrogens (primary N) is 1. The van der Waals surface area contributed by atoms with Gasteiger partial charge in [-0.15, -0.1) is 0 Å². The molecule has 0 aliphatic carbocycles. The zero-order valence-electron chi connectivity index (χ0n) is 11.1. The molecular weight excluding hydrogens is 220 g/mol. The van der Waals surface area contributed by atoms with Crippen LogP contribution in [0.2, 0.25) is 0 Å². The summed E-state index contributed by atoms with van der Waals surface area (Å²) in [7, 11) is 2.10. The number of nitrogens with zero attached hydrogens (tertiary/aromatic N) is 1. The van der Waals surface area contributed by atoms with E-state index < -0.39 is 0 Å². The summed E-state index contributed by atoms with van der Waals surface area (Å²) in [4.78, 5) is 2.22. The van der Waals surface area contributed by atoms with E-state index in [0.717, 1.165) is 18.7 Å². The van der Waals surface area contributed by atoms with Crippen molar-refractivity contribution in [1.82, 2.24) is 0 Å². The van der Waals surface area contributed by atoms with E-state index >= 15 is 0 Å². The van der Waals surface area contributed by atoms with Crippen molar-refractivity contribution < 1.29 is 0 Å². The van der Waals surface area contributed by atoms with Gasteiger partial charge in [0, 0.05) is 25.0 Å². The molecule has 2 N–H and O–H groups in total. The van der Waals surface area contributed by atoms with Gasteiger partial charge in [-0.3, -0.25) is 0 Å². The van der Waals surface area contributed by atoms with Crippen molar-refractivity contribution in [3.8, 4) is 0 Å². The van der Waals surface area contributed by atoms with Crippen LogP contribution in [0.25, 0.3) is 0 Å². The normalized spacial score (nSPS) is 10.3. The number of anilines is 2. The van der Waals surface area contributed by atoms with Crippen molar-refractivity contribution in [2.24, 2.45) is 0 Å². The van der Waals surface area contributed by atoms with Gasteiger partial charge in [0.2, 0.25) is 0 Å². The van der Waals surface area contributed by atoms with E-state index in [4.69, 9.17) is 5.73 Å². The third-order valence-electron chi connectivity index (χ3n) is 3.18. The SMILES string of the molecule is CCc1ccc(CN(C)c2ccc(N)cc2)cc1. The molecule has 0 bridgehead atoms. The number of aryl methyl sites for hydroxylation is 1. The second-order valence-corrected chi connectivity index (χ2v) is 4.62. The first-order valence-electron chi connectivity index (χ1n) is 6.33. The minimum atomic E-state index is 0.805. The second kappa shape index (κ2) is 5.58. The van der Waals surface area contributed by atoms with Crippen LogP contribution in [0.4, 0.5) is 11.4 Å². The zero-order chi connectivity index (χ0) is 13.0. The van der Waals surface area contributed by atoms with Crippen molar-refractivity contribution in [2.45, 2.75) is 19.9 Å². The molecule has 0 amide bonds. The van der Waals surface area contributed by atoms with Gasteiger partial charge in [-0.2, -0.15) is 0 Å². The first-order chi connectivity index (χ1) is 8.69. The molecule has 0 saturated carbocycles. The Morgan fingerprint density at radius 1 is 0.889 bits per heavy atom. The minimum absolute atomic E-state index is 0.805. The lowest BCUT2D eigenvalue weighted by atomic mass is 10.1. The lowest BCUT2D eigenvalue weighted by molar-refractivity contribution is 0.921. The Kier molecular flexibility index (Phi) is 3.88. The summed E-state index contributed by atoms with van der Waals surface area (Å²) in [5.41, 5.74) is 10.4. The van der Waals surface area contributed by atoms with Crippen LogP contribution in [-0.2, 0) is 13.0 Å². The Morgan fingerprint density at radius 2 is 1.44 bits per heavy atom. The zero-order valence-corrected chi connectivity index (χ0v) is 11.1. The highest BCUT2D eigenvalue weighted by Crippen LogP contribution is 2.17. The molecule has 2 aromatic rings. The first kappa shape index (κ1) is 12.5. The fourth-order valence-corrected chi connectivity index (χ4v) is 1.97. The van der Waals surface area contributed by atoms with Crippen LogP contribution < -0.4 is 10.6 Å². The minimum Gasteiger partial charge on any atom is -0.399 e. The summed E-state index contributed by atoms with van der Waals surface area (Å²) >= 11 is 0. The van der Waals surface area contributed by atoms with Gasteiger partial charge in [-0.25, -0.2) is 0 Å². The highest BCUT2D eigenvalue weighted by molar-refractivity contribution is 5.52. The number of hydrogen-bond acceptors (Lipinski definition) is 2. The van der Waals surface area contributed by atoms with Gasteiger partial charge in [0.1, 0.15) is 0 Å². The fraction of sp³-hybridized carbons (Fsp3) is 0.250. The van der Waals surface area contributed by atoms with Gasteiger partial charge < -0.3 is 10.6 Å². The predicted molar refractivity (Wildman–Crippen MR) is 78.8 cm³/mol. The maximum absolute atomic E-state index is 5.69. The van der Waals surface area contributed by atoms with E-state index in [0.29, 0.717) is 0 Å². The van der Waals surface area contributed by atoms with Crippen molar-refractivity contribution in [1.29, 1.82) is 0 Å². The number of nitrogen functional groups attached to an aromatic ring is 1. The molecule has 18 heavy (non-hydrogen) atoms. The van der Waals surface area contributed by atoms with E-state index in [2.05, 4.69) is 55.3 Å². The Bertz CT molecular complexity index is 486. The van der Waals surface area contributed by atoms with Crippen LogP contribution in [0, 0.1) is 0 Å². The van der Waals surface area contributed by atoms with Crippen LogP contribution in [-0.4, -0.2) is 7.05 Å². The van der Waals surface area contributed by atoms with Crippen molar-refractivity contribution in [3.05, 3.63) is 59.7 Å². The molecule has 2 aromatic carbocycles. The quantitative estimate of drug-likeness (QED) is 0.829. The molecule has 2 heteroatoms. The molecule has 0 spiro atoms. The Labute approximate surface area is 109 Å². The van der Waals surface area contributed by atoms with Gasteiger partial charge in [-0.05, 0) is 41.8 Å². The third-order valence-corrected chi connectivity index (χ3v) is 3.18. The molecule has 0 atom stereocenters. The Balaban J connectivity index is 2.05. The van der Waals surface area contributed by atoms with E-state index in [-0.39, 0.29) is 0 Å². The highest BCUT2D eigenvalue weighted by Gasteiger charge is 2.02. The van der Waals surface area contributed by atoms with Crippen LogP contribution in [0.15, 0.2) is 48.5 Å². The van der Waals surface area contributed by atoms with Crippen molar-refractivity contribution >= 4 is 11.4 Å². The summed E-state index contributed by atoms with van der Waals surface area (Å²) in [5.74, 6) is 0. The smallest absolute Gasteiger partial charge is 0.0426 e. The number of rotatable bonds is 4. The molecule has 94 valence electrons. The van der Waals surface area contributed by atoms with Gasteiger partial charge in [0.05, 0.1) is 0 Å². The summed E-state index contributed by atoms with van der Waals surface area (Å²) < 4.78 is 0. The number of hydrogen-bond donors (Lipinski definition) is 1. The Morgan fingerprint density at radius 3 is 2.00 bits per heavy atom. The molecule has 0 radical (unpaired) electrons. The van der Waals surface area contributed by atoms with Crippen LogP contribution in [0.3, 0.4) is 0 Å². The summed E-state index contributed by atoms with van der Waals surface area (Å²) in [6.45, 7) is 3.09. The monoisotopic (exact) mass is 240 g/mol. The molecule has 2 rings (SSSR count). The van der Waals surface area contributed by atoms with Gasteiger partial charge in [-0.1, -0.05) is 31.2 Å². The maximum atomic E-state index is 5.69. The summed E-state index contributed by atoms with van der Waals surface area (Å²) in [5, 5.41) is 0. The summed E-state index contributed by atoms with van der Waals surface area (Å²) in [6, 6.07) is 16.8. The average Bonchev–Trinajstić information content (AvgIpc) is 2.40. The van der Waals surface area contributed by atoms with Crippen molar-refractivity contribution in [2.75, 3.05) is 17.7 Å². The average molecular weight is 240 g/mol. The van der Waals surface area contributed by atoms with Crippen molar-refractivity contribution in [3.63, 3.8) is 0 Å². The summed E-state index contributed by atoms with van der Waals surface area (Å²) in [6.07, 6.45) is 1.09. The third kappa shape index (κ3) is 3.04. The van der Waals surface area contributed by atoms with Crippen LogP contribution in [0.1, 0.15) is 18.1 Å². The molecule has 0 heterocycles. The standard InChI is InChI=1S/C16H20N2/c1-3-13-4-6-14(7-5-13)12-18(2)16-10-8-15(17)9-11-16/h4-11H,3,12,17H2,1-2H3. The first-order valence-corrected chi connectivity index (χ1v) is 6.33. The van der Waals surface area contributed by atoms with E-state index in [1.54, 1.807) is 0 Å². The largest absolute Gasteiger partial charge is 0.399 e. The van der Waals surface area contributed by atoms with Gasteiger partial charge >= 0.3 is 0 Å². The fourth-order valence-electron chi connectivity index (χ4n) is 1.97. The topological polar surface area (TPSA) is 29.3 Å². The molecular formula is C16H20N2. The Hall–Kier alpha value is -1.96. The van der Waals surface area contributed by atoms with E-state index in [1.807, 2.05) is 12.1 Å². The predicted octanol–water partition coefficient (Wildman–Crippen LogP) is 3.47. The lowest BCUT2D eigenvalue weighted by Gasteiger charge is -2.19. The molecule has 0 unspecified atom stereocenters. The van der Waals surface area contributed by atoms with Crippen LogP contribution in [0.5, 0.6) is 0 Å². The van der Waals surface area contributed by atoms with E-state index in [9.17, 15) is 0 Å².